The van der Waals surface area contributed by atoms with Crippen LogP contribution in [0, 0.1) is 11.8 Å². The van der Waals surface area contributed by atoms with Crippen LogP contribution < -0.4 is 10.4 Å². The van der Waals surface area contributed by atoms with Gasteiger partial charge in [0.25, 0.3) is 0 Å². The van der Waals surface area contributed by atoms with Gasteiger partial charge in [-0.15, -0.1) is 0 Å². The molecule has 0 spiro atoms. The summed E-state index contributed by atoms with van der Waals surface area (Å²) in [4.78, 5) is 0. The Morgan fingerprint density at radius 1 is 0.654 bits per heavy atom. The van der Waals surface area contributed by atoms with E-state index >= 15 is 0 Å². The first-order valence-electron chi connectivity index (χ1n) is 9.95. The van der Waals surface area contributed by atoms with E-state index in [0.29, 0.717) is 11.8 Å². The van der Waals surface area contributed by atoms with Crippen molar-refractivity contribution in [2.75, 3.05) is 0 Å². The smallest absolute Gasteiger partial charge is 0.0318 e. The van der Waals surface area contributed by atoms with Gasteiger partial charge >= 0.3 is 0 Å². The summed E-state index contributed by atoms with van der Waals surface area (Å²) >= 11 is 0. The van der Waals surface area contributed by atoms with Crippen molar-refractivity contribution in [1.29, 1.82) is 0 Å². The lowest BCUT2D eigenvalue weighted by Gasteiger charge is -2.41. The first-order chi connectivity index (χ1) is 12.9. The van der Waals surface area contributed by atoms with E-state index in [4.69, 9.17) is 0 Å². The summed E-state index contributed by atoms with van der Waals surface area (Å²) in [5.74, 6) is 0.909. The molecule has 130 valence electrons. The van der Waals surface area contributed by atoms with Gasteiger partial charge < -0.3 is 0 Å². The van der Waals surface area contributed by atoms with Crippen molar-refractivity contribution in [3.8, 4) is 0 Å². The summed E-state index contributed by atoms with van der Waals surface area (Å²) < 4.78 is 0. The molecule has 0 aliphatic heterocycles. The molecule has 5 aliphatic carbocycles. The zero-order valence-electron chi connectivity index (χ0n) is 16.1. The van der Waals surface area contributed by atoms with Crippen molar-refractivity contribution in [2.45, 2.75) is 27.7 Å². The average Bonchev–Trinajstić information content (AvgIpc) is 2.71. The Bertz CT molecular complexity index is 1060. The molecule has 0 N–H and O–H groups in total. The van der Waals surface area contributed by atoms with Crippen LogP contribution in [0.4, 0.5) is 0 Å². The van der Waals surface area contributed by atoms with E-state index in [2.05, 4.69) is 72.9 Å². The standard InChI is InChI=1S/C22H14.2C2H6/c1-4-13-10-15-6-2-8-17-12-18-9-3-7-16-11-14(5-1)19(13)22(20(15)17)21(16)18;2*1-2/h1-12,19-20H;2*1-2H3. The second-order valence-corrected chi connectivity index (χ2v) is 6.62. The van der Waals surface area contributed by atoms with Crippen LogP contribution in [0.15, 0.2) is 83.0 Å². The topological polar surface area (TPSA) is 0 Å². The molecule has 0 aromatic heterocycles. The highest BCUT2D eigenvalue weighted by molar-refractivity contribution is 5.86. The molecule has 0 saturated carbocycles. The summed E-state index contributed by atoms with van der Waals surface area (Å²) in [6.07, 6.45) is 20.7. The Hall–Kier alpha value is -2.60. The van der Waals surface area contributed by atoms with Crippen molar-refractivity contribution in [2.24, 2.45) is 11.8 Å². The van der Waals surface area contributed by atoms with Crippen molar-refractivity contribution < 1.29 is 0 Å². The Labute approximate surface area is 156 Å². The number of hydrogen-bond donors (Lipinski definition) is 0. The first kappa shape index (κ1) is 16.8. The van der Waals surface area contributed by atoms with Crippen LogP contribution in [0.2, 0.25) is 0 Å². The minimum Gasteiger partial charge on any atom is -0.0683 e. The molecule has 0 heteroatoms. The van der Waals surface area contributed by atoms with Crippen LogP contribution in [0.5, 0.6) is 0 Å². The fourth-order valence-electron chi connectivity index (χ4n) is 4.72. The minimum absolute atomic E-state index is 0.455. The van der Waals surface area contributed by atoms with E-state index in [-0.39, 0.29) is 0 Å². The van der Waals surface area contributed by atoms with Crippen molar-refractivity contribution in [3.05, 3.63) is 99.0 Å². The van der Waals surface area contributed by atoms with Gasteiger partial charge in [0.05, 0.1) is 0 Å². The Balaban J connectivity index is 0.000000396. The molecule has 6 rings (SSSR count). The van der Waals surface area contributed by atoms with Gasteiger partial charge in [-0.2, -0.15) is 0 Å². The maximum absolute atomic E-state index is 2.41. The van der Waals surface area contributed by atoms with E-state index in [0.717, 1.165) is 0 Å². The number of rotatable bonds is 0. The molecule has 0 bridgehead atoms. The molecule has 1 aromatic rings. The van der Waals surface area contributed by atoms with Gasteiger partial charge in [-0.25, -0.2) is 0 Å². The number of benzene rings is 1. The monoisotopic (exact) mass is 338 g/mol. The van der Waals surface area contributed by atoms with E-state index in [9.17, 15) is 0 Å². The second-order valence-electron chi connectivity index (χ2n) is 6.62. The van der Waals surface area contributed by atoms with E-state index in [1.807, 2.05) is 27.7 Å². The predicted octanol–water partition coefficient (Wildman–Crippen LogP) is 5.25. The van der Waals surface area contributed by atoms with Crippen LogP contribution in [-0.2, 0) is 0 Å². The summed E-state index contributed by atoms with van der Waals surface area (Å²) in [5.41, 5.74) is 8.78. The van der Waals surface area contributed by atoms with E-state index < -0.39 is 0 Å². The molecule has 5 aliphatic rings. The van der Waals surface area contributed by atoms with E-state index in [1.165, 1.54) is 38.3 Å². The van der Waals surface area contributed by atoms with Crippen molar-refractivity contribution in [1.82, 2.24) is 0 Å². The Morgan fingerprint density at radius 3 is 1.96 bits per heavy atom. The first-order valence-corrected chi connectivity index (χ1v) is 9.95. The van der Waals surface area contributed by atoms with E-state index in [1.54, 1.807) is 5.57 Å². The van der Waals surface area contributed by atoms with Gasteiger partial charge in [0, 0.05) is 11.8 Å². The molecule has 2 unspecified atom stereocenters. The molecular weight excluding hydrogens is 312 g/mol. The third kappa shape index (κ3) is 2.22. The number of hydrogen-bond acceptors (Lipinski definition) is 0. The van der Waals surface area contributed by atoms with Crippen LogP contribution in [0.3, 0.4) is 0 Å². The third-order valence-electron chi connectivity index (χ3n) is 5.51. The van der Waals surface area contributed by atoms with Gasteiger partial charge in [-0.3, -0.25) is 0 Å². The molecule has 0 heterocycles. The van der Waals surface area contributed by atoms with Crippen LogP contribution >= 0.6 is 0 Å². The molecular formula is C26H26. The Morgan fingerprint density at radius 2 is 1.27 bits per heavy atom. The molecule has 0 amide bonds. The minimum atomic E-state index is 0.455. The quantitative estimate of drug-likeness (QED) is 0.606. The molecule has 1 aromatic carbocycles. The number of allylic oxidation sites excluding steroid dienone is 11. The predicted molar refractivity (Wildman–Crippen MR) is 114 cm³/mol. The van der Waals surface area contributed by atoms with Gasteiger partial charge in [-0.05, 0) is 43.9 Å². The fourth-order valence-corrected chi connectivity index (χ4v) is 4.72. The molecule has 0 nitrogen and oxygen atoms in total. The summed E-state index contributed by atoms with van der Waals surface area (Å²) in [7, 11) is 0. The summed E-state index contributed by atoms with van der Waals surface area (Å²) in [5, 5.41) is 2.87. The molecule has 2 atom stereocenters. The highest BCUT2D eigenvalue weighted by Gasteiger charge is 2.39. The van der Waals surface area contributed by atoms with Crippen molar-refractivity contribution in [3.63, 3.8) is 0 Å². The molecule has 0 saturated heterocycles. The second kappa shape index (κ2) is 6.61. The van der Waals surface area contributed by atoms with Gasteiger partial charge in [0.15, 0.2) is 0 Å². The highest BCUT2D eigenvalue weighted by atomic mass is 14.4. The molecule has 0 radical (unpaired) electrons. The molecule has 26 heavy (non-hydrogen) atoms. The highest BCUT2D eigenvalue weighted by Crippen LogP contribution is 2.50. The third-order valence-corrected chi connectivity index (χ3v) is 5.51. The van der Waals surface area contributed by atoms with Crippen molar-refractivity contribution >= 4 is 17.7 Å². The zero-order chi connectivity index (χ0) is 18.3. The van der Waals surface area contributed by atoms with Crippen LogP contribution in [-0.4, -0.2) is 0 Å². The van der Waals surface area contributed by atoms with Gasteiger partial charge in [-0.1, -0.05) is 101 Å². The SMILES string of the molecule is C1=CC2=CC3=CC=CC4=Cc5cccc6c5=C(C2C(=C1)C=6)C34.CC.CC. The maximum atomic E-state index is 2.41. The van der Waals surface area contributed by atoms with Crippen LogP contribution in [0.1, 0.15) is 33.3 Å². The average molecular weight is 338 g/mol. The normalized spacial score (nSPS) is 24.2. The zero-order valence-corrected chi connectivity index (χ0v) is 16.1. The fraction of sp³-hybridized carbons (Fsp3) is 0.231. The van der Waals surface area contributed by atoms with Gasteiger partial charge in [0.2, 0.25) is 0 Å². The van der Waals surface area contributed by atoms with Gasteiger partial charge in [0.1, 0.15) is 0 Å². The molecule has 0 fully saturated rings. The lowest BCUT2D eigenvalue weighted by atomic mass is 9.62. The summed E-state index contributed by atoms with van der Waals surface area (Å²) in [6, 6.07) is 6.71. The largest absolute Gasteiger partial charge is 0.0683 e. The maximum Gasteiger partial charge on any atom is 0.0318 e. The lowest BCUT2D eigenvalue weighted by Crippen LogP contribution is -2.42. The lowest BCUT2D eigenvalue weighted by molar-refractivity contribution is 0.788. The Kier molecular flexibility index (Phi) is 4.28. The van der Waals surface area contributed by atoms with Crippen LogP contribution in [0.25, 0.3) is 17.7 Å². The summed E-state index contributed by atoms with van der Waals surface area (Å²) in [6.45, 7) is 8.00.